The molecule has 0 bridgehead atoms. The van der Waals surface area contributed by atoms with Crippen molar-refractivity contribution in [2.45, 2.75) is 6.54 Å². The van der Waals surface area contributed by atoms with Crippen molar-refractivity contribution in [3.05, 3.63) is 45.2 Å². The van der Waals surface area contributed by atoms with Crippen molar-refractivity contribution in [3.8, 4) is 5.75 Å². The highest BCUT2D eigenvalue weighted by molar-refractivity contribution is 9.13. The minimum absolute atomic E-state index is 0.124. The third-order valence-corrected chi connectivity index (χ3v) is 4.11. The second-order valence-corrected chi connectivity index (χ2v) is 5.54. The van der Waals surface area contributed by atoms with Gasteiger partial charge in [-0.15, -0.1) is 0 Å². The summed E-state index contributed by atoms with van der Waals surface area (Å²) in [6.07, 6.45) is 0. The SMILES string of the molecule is NC(=O)COc1ccc(NCc2cc(Br)c(Br)o2)cc1. The molecule has 0 saturated carbocycles. The quantitative estimate of drug-likeness (QED) is 0.775. The average Bonchev–Trinajstić information content (AvgIpc) is 2.74. The highest BCUT2D eigenvalue weighted by Crippen LogP contribution is 2.27. The number of benzene rings is 1. The monoisotopic (exact) mass is 402 g/mol. The van der Waals surface area contributed by atoms with Gasteiger partial charge in [-0.2, -0.15) is 0 Å². The molecule has 0 radical (unpaired) electrons. The summed E-state index contributed by atoms with van der Waals surface area (Å²) in [5.74, 6) is 0.900. The molecule has 1 aromatic carbocycles. The van der Waals surface area contributed by atoms with Crippen molar-refractivity contribution in [2.75, 3.05) is 11.9 Å². The van der Waals surface area contributed by atoms with E-state index in [2.05, 4.69) is 37.2 Å². The van der Waals surface area contributed by atoms with Gasteiger partial charge in [-0.25, -0.2) is 0 Å². The summed E-state index contributed by atoms with van der Waals surface area (Å²) in [4.78, 5) is 10.6. The Morgan fingerprint density at radius 3 is 2.55 bits per heavy atom. The summed E-state index contributed by atoms with van der Waals surface area (Å²) in [7, 11) is 0. The minimum Gasteiger partial charge on any atom is -0.484 e. The van der Waals surface area contributed by atoms with Crippen LogP contribution in [0, 0.1) is 0 Å². The Balaban J connectivity index is 1.88. The fourth-order valence-electron chi connectivity index (χ4n) is 1.49. The molecule has 5 nitrogen and oxygen atoms in total. The largest absolute Gasteiger partial charge is 0.484 e. The summed E-state index contributed by atoms with van der Waals surface area (Å²) in [5.41, 5.74) is 5.92. The first-order valence-electron chi connectivity index (χ1n) is 5.73. The Morgan fingerprint density at radius 2 is 2.00 bits per heavy atom. The number of nitrogens with two attached hydrogens (primary N) is 1. The molecule has 0 spiro atoms. The standard InChI is InChI=1S/C13H12Br2N2O3/c14-11-5-10(20-13(11)15)6-17-8-1-3-9(4-2-8)19-7-12(16)18/h1-5,17H,6-7H2,(H2,16,18). The molecule has 106 valence electrons. The average molecular weight is 404 g/mol. The molecule has 3 N–H and O–H groups in total. The Labute approximate surface area is 132 Å². The van der Waals surface area contributed by atoms with Gasteiger partial charge in [0.2, 0.25) is 0 Å². The summed E-state index contributed by atoms with van der Waals surface area (Å²) < 4.78 is 12.2. The van der Waals surface area contributed by atoms with Crippen LogP contribution in [0.4, 0.5) is 5.69 Å². The molecule has 0 aliphatic heterocycles. The third kappa shape index (κ3) is 4.28. The maximum absolute atomic E-state index is 10.6. The number of rotatable bonds is 6. The van der Waals surface area contributed by atoms with E-state index in [4.69, 9.17) is 14.9 Å². The van der Waals surface area contributed by atoms with E-state index in [0.717, 1.165) is 15.9 Å². The second kappa shape index (κ2) is 6.81. The molecule has 2 rings (SSSR count). The van der Waals surface area contributed by atoms with Crippen LogP contribution in [0.2, 0.25) is 0 Å². The van der Waals surface area contributed by atoms with E-state index in [1.165, 1.54) is 0 Å². The number of carbonyl (C=O) groups is 1. The van der Waals surface area contributed by atoms with Crippen LogP contribution in [0.1, 0.15) is 5.76 Å². The fraction of sp³-hybridized carbons (Fsp3) is 0.154. The maximum atomic E-state index is 10.6. The predicted molar refractivity (Wildman–Crippen MR) is 82.6 cm³/mol. The zero-order valence-electron chi connectivity index (χ0n) is 10.4. The normalized spacial score (nSPS) is 10.3. The maximum Gasteiger partial charge on any atom is 0.255 e. The molecule has 1 aromatic heterocycles. The molecule has 7 heteroatoms. The minimum atomic E-state index is -0.499. The van der Waals surface area contributed by atoms with E-state index in [1.54, 1.807) is 12.1 Å². The number of amides is 1. The topological polar surface area (TPSA) is 77.5 Å². The number of hydrogen-bond donors (Lipinski definition) is 2. The van der Waals surface area contributed by atoms with Crippen molar-refractivity contribution in [2.24, 2.45) is 5.73 Å². The number of halogens is 2. The molecule has 2 aromatic rings. The Bertz CT molecular complexity index is 577. The van der Waals surface area contributed by atoms with Gasteiger partial charge in [-0.1, -0.05) is 0 Å². The van der Waals surface area contributed by atoms with Crippen LogP contribution >= 0.6 is 31.9 Å². The first-order chi connectivity index (χ1) is 9.54. The molecule has 0 unspecified atom stereocenters. The molecular weight excluding hydrogens is 392 g/mol. The van der Waals surface area contributed by atoms with Crippen molar-refractivity contribution in [1.82, 2.24) is 0 Å². The van der Waals surface area contributed by atoms with Crippen LogP contribution in [0.3, 0.4) is 0 Å². The van der Waals surface area contributed by atoms with E-state index in [-0.39, 0.29) is 6.61 Å². The summed E-state index contributed by atoms with van der Waals surface area (Å²) >= 11 is 6.64. The van der Waals surface area contributed by atoms with E-state index in [9.17, 15) is 4.79 Å². The molecule has 1 heterocycles. The Morgan fingerprint density at radius 1 is 1.30 bits per heavy atom. The number of carbonyl (C=O) groups excluding carboxylic acids is 1. The molecule has 0 saturated heterocycles. The van der Waals surface area contributed by atoms with Crippen molar-refractivity contribution in [3.63, 3.8) is 0 Å². The third-order valence-electron chi connectivity index (χ3n) is 2.40. The molecule has 0 aliphatic rings. The fourth-order valence-corrected chi connectivity index (χ4v) is 2.15. The number of hydrogen-bond acceptors (Lipinski definition) is 4. The number of nitrogens with one attached hydrogen (secondary N) is 1. The second-order valence-electron chi connectivity index (χ2n) is 3.97. The van der Waals surface area contributed by atoms with Gasteiger partial charge < -0.3 is 20.2 Å². The van der Waals surface area contributed by atoms with E-state index in [1.807, 2.05) is 18.2 Å². The van der Waals surface area contributed by atoms with Crippen LogP contribution in [0.25, 0.3) is 0 Å². The van der Waals surface area contributed by atoms with Crippen molar-refractivity contribution in [1.29, 1.82) is 0 Å². The van der Waals surface area contributed by atoms with Gasteiger partial charge in [0.15, 0.2) is 11.3 Å². The lowest BCUT2D eigenvalue weighted by Crippen LogP contribution is -2.19. The lowest BCUT2D eigenvalue weighted by atomic mass is 10.3. The van der Waals surface area contributed by atoms with Gasteiger partial charge in [0.25, 0.3) is 5.91 Å². The van der Waals surface area contributed by atoms with E-state index in [0.29, 0.717) is 17.0 Å². The Hall–Kier alpha value is -1.47. The number of anilines is 1. The lowest BCUT2D eigenvalue weighted by molar-refractivity contribution is -0.119. The van der Waals surface area contributed by atoms with Gasteiger partial charge in [0.1, 0.15) is 11.5 Å². The van der Waals surface area contributed by atoms with Crippen LogP contribution in [0.15, 0.2) is 43.9 Å². The lowest BCUT2D eigenvalue weighted by Gasteiger charge is -2.07. The van der Waals surface area contributed by atoms with Crippen LogP contribution in [-0.2, 0) is 11.3 Å². The summed E-state index contributed by atoms with van der Waals surface area (Å²) in [5, 5.41) is 3.21. The zero-order valence-corrected chi connectivity index (χ0v) is 13.5. The molecular formula is C13H12Br2N2O3. The zero-order chi connectivity index (χ0) is 14.5. The highest BCUT2D eigenvalue weighted by atomic mass is 79.9. The summed E-state index contributed by atoms with van der Waals surface area (Å²) in [6, 6.07) is 9.12. The van der Waals surface area contributed by atoms with Gasteiger partial charge in [0.05, 0.1) is 11.0 Å². The summed E-state index contributed by atoms with van der Waals surface area (Å²) in [6.45, 7) is 0.437. The molecule has 20 heavy (non-hydrogen) atoms. The number of primary amides is 1. The molecule has 0 atom stereocenters. The number of furan rings is 1. The van der Waals surface area contributed by atoms with Gasteiger partial charge in [0, 0.05) is 5.69 Å². The highest BCUT2D eigenvalue weighted by Gasteiger charge is 2.05. The van der Waals surface area contributed by atoms with Crippen molar-refractivity contribution < 1.29 is 13.9 Å². The van der Waals surface area contributed by atoms with Gasteiger partial charge in [-0.3, -0.25) is 4.79 Å². The van der Waals surface area contributed by atoms with Crippen molar-refractivity contribution >= 4 is 43.5 Å². The van der Waals surface area contributed by atoms with E-state index >= 15 is 0 Å². The molecule has 1 amide bonds. The molecule has 0 fully saturated rings. The van der Waals surface area contributed by atoms with Gasteiger partial charge in [-0.05, 0) is 62.2 Å². The molecule has 0 aliphatic carbocycles. The first-order valence-corrected chi connectivity index (χ1v) is 7.32. The number of ether oxygens (including phenoxy) is 1. The van der Waals surface area contributed by atoms with Gasteiger partial charge >= 0.3 is 0 Å². The first kappa shape index (κ1) is 14.9. The predicted octanol–water partition coefficient (Wildman–Crippen LogP) is 3.28. The van der Waals surface area contributed by atoms with Crippen LogP contribution in [-0.4, -0.2) is 12.5 Å². The Kier molecular flexibility index (Phi) is 5.08. The van der Waals surface area contributed by atoms with E-state index < -0.39 is 5.91 Å². The van der Waals surface area contributed by atoms with Crippen LogP contribution < -0.4 is 15.8 Å². The van der Waals surface area contributed by atoms with Crippen LogP contribution in [0.5, 0.6) is 5.75 Å². The smallest absolute Gasteiger partial charge is 0.255 e.